The molecule has 0 saturated heterocycles. The van der Waals surface area contributed by atoms with Gasteiger partial charge in [0.05, 0.1) is 17.6 Å². The number of rotatable bonds is 3. The second-order valence-corrected chi connectivity index (χ2v) is 5.51. The average Bonchev–Trinajstić information content (AvgIpc) is 2.84. The summed E-state index contributed by atoms with van der Waals surface area (Å²) in [6, 6.07) is 13.7. The highest BCUT2D eigenvalue weighted by molar-refractivity contribution is 5.95. The minimum Gasteiger partial charge on any atom is -0.345 e. The van der Waals surface area contributed by atoms with Crippen LogP contribution in [-0.4, -0.2) is 15.5 Å². The Hall–Kier alpha value is -2.62. The zero-order valence-electron chi connectivity index (χ0n) is 13.1. The molecule has 1 aromatic heterocycles. The summed E-state index contributed by atoms with van der Waals surface area (Å²) in [5, 5.41) is 2.96. The molecule has 2 aromatic carbocycles. The molecule has 3 aromatic rings. The van der Waals surface area contributed by atoms with Crippen molar-refractivity contribution in [1.82, 2.24) is 14.9 Å². The zero-order chi connectivity index (χ0) is 15.7. The molecule has 0 aliphatic carbocycles. The van der Waals surface area contributed by atoms with Gasteiger partial charge in [0, 0.05) is 12.6 Å². The first-order chi connectivity index (χ1) is 10.6. The Morgan fingerprint density at radius 1 is 1.14 bits per heavy atom. The predicted molar refractivity (Wildman–Crippen MR) is 87.8 cm³/mol. The maximum atomic E-state index is 12.4. The largest absolute Gasteiger partial charge is 0.345 e. The van der Waals surface area contributed by atoms with Gasteiger partial charge in [-0.1, -0.05) is 24.3 Å². The van der Waals surface area contributed by atoms with Crippen molar-refractivity contribution in [1.29, 1.82) is 0 Å². The summed E-state index contributed by atoms with van der Waals surface area (Å²) in [7, 11) is 1.97. The minimum atomic E-state index is -0.0618. The van der Waals surface area contributed by atoms with Crippen LogP contribution in [0.3, 0.4) is 0 Å². The van der Waals surface area contributed by atoms with E-state index in [1.165, 1.54) is 0 Å². The molecule has 112 valence electrons. The fourth-order valence-electron chi connectivity index (χ4n) is 2.61. The lowest BCUT2D eigenvalue weighted by atomic mass is 10.0. The molecule has 4 heteroatoms. The Balaban J connectivity index is 1.80. The van der Waals surface area contributed by atoms with E-state index in [9.17, 15) is 4.79 Å². The monoisotopic (exact) mass is 293 g/mol. The molecule has 4 nitrogen and oxygen atoms in total. The minimum absolute atomic E-state index is 0.0618. The van der Waals surface area contributed by atoms with Crippen molar-refractivity contribution in [2.24, 2.45) is 7.05 Å². The number of nitrogens with one attached hydrogen (secondary N) is 1. The van der Waals surface area contributed by atoms with Gasteiger partial charge in [-0.15, -0.1) is 0 Å². The van der Waals surface area contributed by atoms with Gasteiger partial charge < -0.3 is 9.88 Å². The molecule has 0 atom stereocenters. The second kappa shape index (κ2) is 5.64. The highest BCUT2D eigenvalue weighted by Crippen LogP contribution is 2.15. The van der Waals surface area contributed by atoms with Crippen molar-refractivity contribution in [2.45, 2.75) is 20.4 Å². The topological polar surface area (TPSA) is 46.9 Å². The van der Waals surface area contributed by atoms with E-state index in [4.69, 9.17) is 0 Å². The Kier molecular flexibility index (Phi) is 3.67. The summed E-state index contributed by atoms with van der Waals surface area (Å²) in [5.74, 6) is 0.785. The fourth-order valence-corrected chi connectivity index (χ4v) is 2.61. The first kappa shape index (κ1) is 14.3. The molecule has 0 spiro atoms. The van der Waals surface area contributed by atoms with Crippen molar-refractivity contribution in [2.75, 3.05) is 0 Å². The number of carbonyl (C=O) groups is 1. The molecular formula is C18H19N3O. The van der Waals surface area contributed by atoms with Gasteiger partial charge in [-0.2, -0.15) is 0 Å². The molecule has 1 heterocycles. The van der Waals surface area contributed by atoms with Crippen LogP contribution in [0.4, 0.5) is 0 Å². The van der Waals surface area contributed by atoms with Gasteiger partial charge in [0.15, 0.2) is 0 Å². The van der Waals surface area contributed by atoms with E-state index in [0.29, 0.717) is 6.54 Å². The number of hydrogen-bond acceptors (Lipinski definition) is 2. The third-order valence-electron chi connectivity index (χ3n) is 4.14. The van der Waals surface area contributed by atoms with Crippen molar-refractivity contribution in [3.8, 4) is 0 Å². The Morgan fingerprint density at radius 3 is 2.68 bits per heavy atom. The van der Waals surface area contributed by atoms with Gasteiger partial charge >= 0.3 is 0 Å². The third-order valence-corrected chi connectivity index (χ3v) is 4.14. The zero-order valence-corrected chi connectivity index (χ0v) is 13.1. The maximum Gasteiger partial charge on any atom is 0.251 e. The first-order valence-corrected chi connectivity index (χ1v) is 7.32. The Bertz CT molecular complexity index is 849. The molecule has 0 unspecified atom stereocenters. The van der Waals surface area contributed by atoms with Gasteiger partial charge in [-0.05, 0) is 43.2 Å². The summed E-state index contributed by atoms with van der Waals surface area (Å²) >= 11 is 0. The molecule has 0 saturated carbocycles. The smallest absolute Gasteiger partial charge is 0.251 e. The van der Waals surface area contributed by atoms with Crippen LogP contribution in [0.2, 0.25) is 0 Å². The lowest BCUT2D eigenvalue weighted by molar-refractivity contribution is 0.0949. The fraction of sp³-hybridized carbons (Fsp3) is 0.222. The number of para-hydroxylation sites is 2. The number of carbonyl (C=O) groups excluding carboxylic acids is 1. The molecule has 0 radical (unpaired) electrons. The van der Waals surface area contributed by atoms with Crippen LogP contribution in [0, 0.1) is 13.8 Å². The van der Waals surface area contributed by atoms with E-state index in [2.05, 4.69) is 10.3 Å². The molecule has 3 rings (SSSR count). The van der Waals surface area contributed by atoms with Gasteiger partial charge in [0.1, 0.15) is 5.82 Å². The van der Waals surface area contributed by atoms with Crippen LogP contribution in [0.15, 0.2) is 42.5 Å². The van der Waals surface area contributed by atoms with Crippen LogP contribution in [0.25, 0.3) is 11.0 Å². The first-order valence-electron chi connectivity index (χ1n) is 7.32. The van der Waals surface area contributed by atoms with Crippen molar-refractivity contribution < 1.29 is 4.79 Å². The van der Waals surface area contributed by atoms with Crippen LogP contribution in [0.5, 0.6) is 0 Å². The predicted octanol–water partition coefficient (Wildman–Crippen LogP) is 3.12. The molecular weight excluding hydrogens is 274 g/mol. The van der Waals surface area contributed by atoms with Crippen LogP contribution < -0.4 is 5.32 Å². The summed E-state index contributed by atoms with van der Waals surface area (Å²) in [4.78, 5) is 16.9. The van der Waals surface area contributed by atoms with E-state index in [-0.39, 0.29) is 5.91 Å². The number of aromatic nitrogens is 2. The molecule has 1 N–H and O–H groups in total. The molecule has 0 fully saturated rings. The lowest BCUT2D eigenvalue weighted by Gasteiger charge is -2.09. The van der Waals surface area contributed by atoms with Crippen LogP contribution in [0.1, 0.15) is 27.3 Å². The van der Waals surface area contributed by atoms with Gasteiger partial charge in [0.2, 0.25) is 0 Å². The summed E-state index contributed by atoms with van der Waals surface area (Å²) in [6.45, 7) is 4.40. The Morgan fingerprint density at radius 2 is 1.91 bits per heavy atom. The number of amides is 1. The normalized spacial score (nSPS) is 10.9. The summed E-state index contributed by atoms with van der Waals surface area (Å²) in [5.41, 5.74) is 4.87. The number of fused-ring (bicyclic) bond motifs is 1. The number of aryl methyl sites for hydroxylation is 2. The highest BCUT2D eigenvalue weighted by atomic mass is 16.1. The summed E-state index contributed by atoms with van der Waals surface area (Å²) in [6.07, 6.45) is 0. The maximum absolute atomic E-state index is 12.4. The van der Waals surface area contributed by atoms with E-state index in [1.807, 2.05) is 67.9 Å². The number of benzene rings is 2. The molecule has 22 heavy (non-hydrogen) atoms. The van der Waals surface area contributed by atoms with Gasteiger partial charge in [0.25, 0.3) is 5.91 Å². The SMILES string of the molecule is Cc1cccc(C(=O)NCc2nc3ccccc3n2C)c1C. The van der Waals surface area contributed by atoms with E-state index in [0.717, 1.165) is 33.5 Å². The third kappa shape index (κ3) is 2.48. The van der Waals surface area contributed by atoms with Crippen LogP contribution >= 0.6 is 0 Å². The standard InChI is InChI=1S/C18H19N3O/c1-12-7-6-8-14(13(12)2)18(22)19-11-17-20-15-9-4-5-10-16(15)21(17)3/h4-10H,11H2,1-3H3,(H,19,22). The second-order valence-electron chi connectivity index (χ2n) is 5.51. The average molecular weight is 293 g/mol. The highest BCUT2D eigenvalue weighted by Gasteiger charge is 2.12. The lowest BCUT2D eigenvalue weighted by Crippen LogP contribution is -2.25. The molecule has 0 aliphatic rings. The number of nitrogens with zero attached hydrogens (tertiary/aromatic N) is 2. The molecule has 0 bridgehead atoms. The number of hydrogen-bond donors (Lipinski definition) is 1. The van der Waals surface area contributed by atoms with Crippen molar-refractivity contribution in [3.63, 3.8) is 0 Å². The van der Waals surface area contributed by atoms with Gasteiger partial charge in [-0.3, -0.25) is 4.79 Å². The Labute approximate surface area is 129 Å². The summed E-state index contributed by atoms with van der Waals surface area (Å²) < 4.78 is 2.01. The van der Waals surface area contributed by atoms with Crippen molar-refractivity contribution in [3.05, 3.63) is 65.0 Å². The van der Waals surface area contributed by atoms with Gasteiger partial charge in [-0.25, -0.2) is 4.98 Å². The molecule has 0 aliphatic heterocycles. The van der Waals surface area contributed by atoms with E-state index < -0.39 is 0 Å². The van der Waals surface area contributed by atoms with Crippen molar-refractivity contribution >= 4 is 16.9 Å². The number of imidazole rings is 1. The van der Waals surface area contributed by atoms with E-state index >= 15 is 0 Å². The quantitative estimate of drug-likeness (QED) is 0.806. The molecule has 1 amide bonds. The van der Waals surface area contributed by atoms with Crippen LogP contribution in [-0.2, 0) is 13.6 Å². The van der Waals surface area contributed by atoms with E-state index in [1.54, 1.807) is 0 Å².